The van der Waals surface area contributed by atoms with Gasteiger partial charge in [-0.3, -0.25) is 4.79 Å². The van der Waals surface area contributed by atoms with E-state index in [1.54, 1.807) is 5.92 Å². The summed E-state index contributed by atoms with van der Waals surface area (Å²) >= 11 is 0. The van der Waals surface area contributed by atoms with Crippen molar-refractivity contribution in [3.05, 3.63) is 0 Å². The van der Waals surface area contributed by atoms with Gasteiger partial charge < -0.3 is 0 Å². The van der Waals surface area contributed by atoms with Crippen molar-refractivity contribution in [1.82, 2.24) is 0 Å². The molecule has 0 heterocycles. The van der Waals surface area contributed by atoms with Crippen LogP contribution in [0.1, 0.15) is 12.8 Å². The van der Waals surface area contributed by atoms with Crippen LogP contribution in [0.4, 0.5) is 8.78 Å². The minimum atomic E-state index is -2.32. The third kappa shape index (κ3) is 0.804. The van der Waals surface area contributed by atoms with Gasteiger partial charge in [0.2, 0.25) is 11.8 Å². The van der Waals surface area contributed by atoms with Gasteiger partial charge in [-0.1, -0.05) is 5.92 Å². The van der Waals surface area contributed by atoms with E-state index in [4.69, 9.17) is 6.42 Å². The van der Waals surface area contributed by atoms with Gasteiger partial charge in [0.25, 0.3) is 0 Å². The Morgan fingerprint density at radius 2 is 2.40 bits per heavy atom. The van der Waals surface area contributed by atoms with Crippen molar-refractivity contribution in [1.29, 1.82) is 0 Å². The van der Waals surface area contributed by atoms with Crippen LogP contribution in [0.2, 0.25) is 0 Å². The van der Waals surface area contributed by atoms with E-state index < -0.39 is 17.6 Å². The summed E-state index contributed by atoms with van der Waals surface area (Å²) in [6, 6.07) is 0. The van der Waals surface area contributed by atoms with Crippen molar-refractivity contribution < 1.29 is 13.6 Å². The zero-order chi connectivity index (χ0) is 7.78. The Hall–Kier alpha value is -0.910. The molecule has 3 heteroatoms. The number of carbonyl (C=O) groups excluding carboxylic acids is 1. The minimum Gasteiger partial charge on any atom is -0.296 e. The molecule has 10 heavy (non-hydrogen) atoms. The smallest absolute Gasteiger partial charge is 0.209 e. The first-order chi connectivity index (χ1) is 4.60. The fourth-order valence-electron chi connectivity index (χ4n) is 0.959. The Morgan fingerprint density at radius 1 is 1.80 bits per heavy atom. The van der Waals surface area contributed by atoms with Crippen molar-refractivity contribution in [2.24, 2.45) is 0 Å². The van der Waals surface area contributed by atoms with Crippen LogP contribution in [0.15, 0.2) is 0 Å². The number of Topliss-reactive ketones (excluding diaryl/α,β-unsaturated/α-hetero) is 1. The fraction of sp³-hybridized carbons (Fsp3) is 0.571. The first kappa shape index (κ1) is 7.20. The SMILES string of the molecule is C#CC1(F)CCC(=O)C1F. The lowest BCUT2D eigenvalue weighted by Gasteiger charge is -2.11. The quantitative estimate of drug-likeness (QED) is 0.464. The number of terminal acetylenes is 1. The van der Waals surface area contributed by atoms with Gasteiger partial charge in [0.1, 0.15) is 0 Å². The first-order valence-electron chi connectivity index (χ1n) is 2.93. The van der Waals surface area contributed by atoms with Gasteiger partial charge in [0.05, 0.1) is 0 Å². The molecule has 0 spiro atoms. The van der Waals surface area contributed by atoms with E-state index >= 15 is 0 Å². The summed E-state index contributed by atoms with van der Waals surface area (Å²) in [6.07, 6.45) is 2.35. The predicted octanol–water partition coefficient (Wildman–Crippen LogP) is 1.03. The summed E-state index contributed by atoms with van der Waals surface area (Å²) < 4.78 is 25.4. The molecule has 1 fully saturated rings. The van der Waals surface area contributed by atoms with Gasteiger partial charge in [-0.2, -0.15) is 0 Å². The lowest BCUT2D eigenvalue weighted by Crippen LogP contribution is -2.30. The lowest BCUT2D eigenvalue weighted by atomic mass is 10.1. The molecule has 1 saturated carbocycles. The van der Waals surface area contributed by atoms with Crippen molar-refractivity contribution >= 4 is 5.78 Å². The lowest BCUT2D eigenvalue weighted by molar-refractivity contribution is -0.123. The standard InChI is InChI=1S/C7H6F2O/c1-2-7(9)4-3-5(10)6(7)8/h1,6H,3-4H2. The molecule has 0 aliphatic heterocycles. The molecule has 1 aliphatic rings. The van der Waals surface area contributed by atoms with Crippen molar-refractivity contribution in [3.63, 3.8) is 0 Å². The molecule has 0 saturated heterocycles. The molecule has 1 nitrogen and oxygen atoms in total. The van der Waals surface area contributed by atoms with Crippen LogP contribution < -0.4 is 0 Å². The summed E-state index contributed by atoms with van der Waals surface area (Å²) in [7, 11) is 0. The molecule has 0 aromatic rings. The Kier molecular flexibility index (Phi) is 1.47. The van der Waals surface area contributed by atoms with Crippen LogP contribution in [-0.4, -0.2) is 17.6 Å². The van der Waals surface area contributed by atoms with Gasteiger partial charge in [0, 0.05) is 12.8 Å². The number of alkyl halides is 2. The minimum absolute atomic E-state index is 0.0815. The second-order valence-corrected chi connectivity index (χ2v) is 2.34. The van der Waals surface area contributed by atoms with Crippen LogP contribution in [0, 0.1) is 12.3 Å². The van der Waals surface area contributed by atoms with Gasteiger partial charge in [-0.25, -0.2) is 8.78 Å². The molecule has 2 atom stereocenters. The summed E-state index contributed by atoms with van der Waals surface area (Å²) in [5, 5.41) is 0. The summed E-state index contributed by atoms with van der Waals surface area (Å²) in [6.45, 7) is 0. The molecule has 0 radical (unpaired) electrons. The van der Waals surface area contributed by atoms with Gasteiger partial charge in [-0.15, -0.1) is 6.42 Å². The second-order valence-electron chi connectivity index (χ2n) is 2.34. The summed E-state index contributed by atoms with van der Waals surface area (Å²) in [4.78, 5) is 10.4. The molecule has 0 aromatic carbocycles. The van der Waals surface area contributed by atoms with E-state index in [1.807, 2.05) is 0 Å². The van der Waals surface area contributed by atoms with Gasteiger partial charge in [0.15, 0.2) is 5.78 Å². The van der Waals surface area contributed by atoms with E-state index in [9.17, 15) is 13.6 Å². The summed E-state index contributed by atoms with van der Waals surface area (Å²) in [5.41, 5.74) is -2.32. The summed E-state index contributed by atoms with van der Waals surface area (Å²) in [5.74, 6) is 0.936. The maximum absolute atomic E-state index is 12.9. The van der Waals surface area contributed by atoms with Crippen molar-refractivity contribution in [2.45, 2.75) is 24.7 Å². The van der Waals surface area contributed by atoms with E-state index in [0.29, 0.717) is 0 Å². The number of hydrogen-bond donors (Lipinski definition) is 0. The number of hydrogen-bond acceptors (Lipinski definition) is 1. The van der Waals surface area contributed by atoms with Gasteiger partial charge in [-0.05, 0) is 0 Å². The fourth-order valence-corrected chi connectivity index (χ4v) is 0.959. The largest absolute Gasteiger partial charge is 0.296 e. The highest BCUT2D eigenvalue weighted by Crippen LogP contribution is 2.32. The van der Waals surface area contributed by atoms with Crippen LogP contribution >= 0.6 is 0 Å². The van der Waals surface area contributed by atoms with E-state index in [0.717, 1.165) is 0 Å². The van der Waals surface area contributed by atoms with Crippen LogP contribution in [0.25, 0.3) is 0 Å². The van der Waals surface area contributed by atoms with E-state index in [-0.39, 0.29) is 12.8 Å². The van der Waals surface area contributed by atoms with Crippen molar-refractivity contribution in [2.75, 3.05) is 0 Å². The third-order valence-corrected chi connectivity index (χ3v) is 1.66. The highest BCUT2D eigenvalue weighted by molar-refractivity contribution is 5.87. The first-order valence-corrected chi connectivity index (χ1v) is 2.93. The topological polar surface area (TPSA) is 17.1 Å². The van der Waals surface area contributed by atoms with Crippen LogP contribution in [0.3, 0.4) is 0 Å². The van der Waals surface area contributed by atoms with Crippen LogP contribution in [0.5, 0.6) is 0 Å². The zero-order valence-electron chi connectivity index (χ0n) is 5.23. The number of halogens is 2. The van der Waals surface area contributed by atoms with Crippen molar-refractivity contribution in [3.8, 4) is 12.3 Å². The van der Waals surface area contributed by atoms with Crippen LogP contribution in [-0.2, 0) is 4.79 Å². The average Bonchev–Trinajstić information content (AvgIpc) is 2.19. The molecule has 0 amide bonds. The molecule has 2 unspecified atom stereocenters. The highest BCUT2D eigenvalue weighted by atomic mass is 19.2. The number of carbonyl (C=O) groups is 1. The number of rotatable bonds is 0. The molecular weight excluding hydrogens is 138 g/mol. The molecule has 54 valence electrons. The Morgan fingerprint density at radius 3 is 2.60 bits per heavy atom. The number of ketones is 1. The van der Waals surface area contributed by atoms with E-state index in [2.05, 4.69) is 0 Å². The molecule has 0 aromatic heterocycles. The monoisotopic (exact) mass is 144 g/mol. The second kappa shape index (κ2) is 2.05. The molecule has 1 rings (SSSR count). The molecule has 1 aliphatic carbocycles. The zero-order valence-corrected chi connectivity index (χ0v) is 5.23. The molecular formula is C7H6F2O. The Bertz CT molecular complexity index is 206. The normalized spacial score (nSPS) is 39.7. The highest BCUT2D eigenvalue weighted by Gasteiger charge is 2.48. The van der Waals surface area contributed by atoms with Gasteiger partial charge >= 0.3 is 0 Å². The third-order valence-electron chi connectivity index (χ3n) is 1.66. The predicted molar refractivity (Wildman–Crippen MR) is 31.8 cm³/mol. The molecule has 0 N–H and O–H groups in total. The molecule has 0 bridgehead atoms. The Balaban J connectivity index is 2.86. The average molecular weight is 144 g/mol. The van der Waals surface area contributed by atoms with E-state index in [1.165, 1.54) is 0 Å². The maximum atomic E-state index is 12.9. The Labute approximate surface area is 57.4 Å². The maximum Gasteiger partial charge on any atom is 0.209 e.